The second kappa shape index (κ2) is 10.5. The molecule has 1 aliphatic rings. The third kappa shape index (κ3) is 4.88. The van der Waals surface area contributed by atoms with Crippen molar-refractivity contribution in [2.24, 2.45) is 4.99 Å². The first-order valence-electron chi connectivity index (χ1n) is 11.8. The Morgan fingerprint density at radius 1 is 1.09 bits per heavy atom. The number of carbonyl (C=O) groups excluding carboxylic acids is 1. The maximum absolute atomic E-state index is 13.3. The van der Waals surface area contributed by atoms with Crippen LogP contribution in [0.4, 0.5) is 5.00 Å². The van der Waals surface area contributed by atoms with E-state index in [4.69, 9.17) is 18.9 Å². The lowest BCUT2D eigenvalue weighted by Crippen LogP contribution is -2.27. The molecule has 5 rings (SSSR count). The van der Waals surface area contributed by atoms with Crippen LogP contribution in [0.25, 0.3) is 22.3 Å². The molecule has 0 fully saturated rings. The molecule has 0 unspecified atom stereocenters. The van der Waals surface area contributed by atoms with E-state index in [0.29, 0.717) is 24.3 Å². The lowest BCUT2D eigenvalue weighted by atomic mass is 9.95. The third-order valence-electron chi connectivity index (χ3n) is 6.20. The average molecular weight is 489 g/mol. The van der Waals surface area contributed by atoms with Crippen LogP contribution >= 0.6 is 11.3 Å². The first-order chi connectivity index (χ1) is 17.2. The van der Waals surface area contributed by atoms with Gasteiger partial charge in [0.25, 0.3) is 5.91 Å². The molecule has 1 aliphatic carbocycles. The molecule has 2 aromatic carbocycles. The topological polar surface area (TPSA) is 73.1 Å². The van der Waals surface area contributed by atoms with Crippen LogP contribution in [-0.2, 0) is 17.6 Å². The number of carbonyl (C=O) groups is 1. The van der Waals surface area contributed by atoms with E-state index in [1.807, 2.05) is 54.6 Å². The van der Waals surface area contributed by atoms with E-state index in [2.05, 4.69) is 5.32 Å². The van der Waals surface area contributed by atoms with Crippen LogP contribution in [0.1, 0.15) is 33.6 Å². The van der Waals surface area contributed by atoms with Crippen LogP contribution in [0.5, 0.6) is 5.75 Å². The highest BCUT2D eigenvalue weighted by atomic mass is 32.1. The van der Waals surface area contributed by atoms with Gasteiger partial charge >= 0.3 is 0 Å². The maximum Gasteiger partial charge on any atom is 0.254 e. The Hall–Kier alpha value is -3.42. The summed E-state index contributed by atoms with van der Waals surface area (Å²) in [6.45, 7) is 0.928. The van der Waals surface area contributed by atoms with Crippen LogP contribution in [0, 0.1) is 0 Å². The predicted octanol–water partition coefficient (Wildman–Crippen LogP) is 5.66. The summed E-state index contributed by atoms with van der Waals surface area (Å²) in [5.74, 6) is 1.35. The predicted molar refractivity (Wildman–Crippen MR) is 139 cm³/mol. The van der Waals surface area contributed by atoms with E-state index in [-0.39, 0.29) is 5.91 Å². The molecule has 1 N–H and O–H groups in total. The Kier molecular flexibility index (Phi) is 6.97. The second-order valence-electron chi connectivity index (χ2n) is 8.48. The van der Waals surface area contributed by atoms with Crippen molar-refractivity contribution in [2.45, 2.75) is 25.7 Å². The van der Waals surface area contributed by atoms with E-state index < -0.39 is 0 Å². The van der Waals surface area contributed by atoms with Gasteiger partial charge in [0.1, 0.15) is 22.1 Å². The zero-order valence-electron chi connectivity index (χ0n) is 19.9. The third-order valence-corrected chi connectivity index (χ3v) is 7.39. The Morgan fingerprint density at radius 2 is 1.91 bits per heavy atom. The number of ether oxygens (including phenoxy) is 2. The Labute approximate surface area is 208 Å². The molecule has 0 radical (unpaired) electrons. The fourth-order valence-corrected chi connectivity index (χ4v) is 5.71. The smallest absolute Gasteiger partial charge is 0.254 e. The molecule has 180 valence electrons. The molecule has 0 spiro atoms. The normalized spacial score (nSPS) is 13.6. The number of hydrogen-bond acceptors (Lipinski definition) is 6. The Morgan fingerprint density at radius 3 is 2.71 bits per heavy atom. The van der Waals surface area contributed by atoms with Gasteiger partial charge in [-0.25, -0.2) is 4.99 Å². The summed E-state index contributed by atoms with van der Waals surface area (Å²) in [6.07, 6.45) is 4.12. The average Bonchev–Trinajstić information content (AvgIpc) is 3.27. The van der Waals surface area contributed by atoms with Crippen LogP contribution in [0.15, 0.2) is 64.0 Å². The van der Waals surface area contributed by atoms with Gasteiger partial charge in [-0.1, -0.05) is 30.3 Å². The number of nitrogens with zero attached hydrogens (tertiary/aromatic N) is 1. The highest BCUT2D eigenvalue weighted by Gasteiger charge is 2.25. The number of nitrogens with one attached hydrogen (secondary N) is 1. The fraction of sp³-hybridized carbons (Fsp3) is 0.286. The van der Waals surface area contributed by atoms with Crippen molar-refractivity contribution >= 4 is 33.2 Å². The standard InChI is InChI=1S/C28H28N2O4S/c1-32-15-14-29-27(31)26-20-10-6-7-11-25(20)35-28(26)30-22-17-24(18-8-4-3-5-9-18)34-23-13-12-19(33-2)16-21(22)23/h3-5,8-9,12-13,16-17H,6-7,10-11,14-15H2,1-2H3,(H,29,31)/b30-22+. The van der Waals surface area contributed by atoms with Crippen LogP contribution in [0.3, 0.4) is 0 Å². The van der Waals surface area contributed by atoms with Crippen molar-refractivity contribution < 1.29 is 18.7 Å². The van der Waals surface area contributed by atoms with E-state index in [9.17, 15) is 4.79 Å². The number of hydrogen-bond donors (Lipinski definition) is 1. The van der Waals surface area contributed by atoms with Crippen molar-refractivity contribution in [1.82, 2.24) is 5.32 Å². The van der Waals surface area contributed by atoms with Crippen molar-refractivity contribution in [1.29, 1.82) is 0 Å². The number of fused-ring (bicyclic) bond motifs is 2. The minimum atomic E-state index is -0.0917. The second-order valence-corrected chi connectivity index (χ2v) is 9.56. The molecule has 4 aromatic rings. The molecular weight excluding hydrogens is 460 g/mol. The fourth-order valence-electron chi connectivity index (χ4n) is 4.44. The van der Waals surface area contributed by atoms with E-state index in [0.717, 1.165) is 64.1 Å². The molecule has 2 aromatic heterocycles. The van der Waals surface area contributed by atoms with Gasteiger partial charge in [-0.2, -0.15) is 0 Å². The number of aryl methyl sites for hydroxylation is 1. The highest BCUT2D eigenvalue weighted by molar-refractivity contribution is 7.16. The first kappa shape index (κ1) is 23.3. The van der Waals surface area contributed by atoms with Gasteiger partial charge in [0, 0.05) is 35.5 Å². The molecule has 1 amide bonds. The monoisotopic (exact) mass is 488 g/mol. The molecule has 35 heavy (non-hydrogen) atoms. The number of amides is 1. The molecule has 0 saturated heterocycles. The molecule has 0 bridgehead atoms. The number of methoxy groups -OCH3 is 2. The summed E-state index contributed by atoms with van der Waals surface area (Å²) >= 11 is 1.62. The van der Waals surface area contributed by atoms with Gasteiger partial charge in [-0.3, -0.25) is 4.79 Å². The summed E-state index contributed by atoms with van der Waals surface area (Å²) < 4.78 is 16.8. The van der Waals surface area contributed by atoms with Crippen molar-refractivity contribution in [3.8, 4) is 17.1 Å². The van der Waals surface area contributed by atoms with Crippen LogP contribution < -0.4 is 15.4 Å². The molecular formula is C28H28N2O4S. The highest BCUT2D eigenvalue weighted by Crippen LogP contribution is 2.40. The summed E-state index contributed by atoms with van der Waals surface area (Å²) in [4.78, 5) is 19.6. The number of thiophene rings is 1. The van der Waals surface area contributed by atoms with E-state index in [1.54, 1.807) is 25.6 Å². The maximum atomic E-state index is 13.3. The molecule has 0 atom stereocenters. The molecule has 7 heteroatoms. The molecule has 2 heterocycles. The zero-order chi connectivity index (χ0) is 24.2. The van der Waals surface area contributed by atoms with Crippen molar-refractivity contribution in [3.63, 3.8) is 0 Å². The van der Waals surface area contributed by atoms with E-state index >= 15 is 0 Å². The number of benzene rings is 2. The summed E-state index contributed by atoms with van der Waals surface area (Å²) in [7, 11) is 3.27. The summed E-state index contributed by atoms with van der Waals surface area (Å²) in [5, 5.41) is 5.31. The van der Waals surface area contributed by atoms with Gasteiger partial charge in [0.05, 0.1) is 24.6 Å². The summed E-state index contributed by atoms with van der Waals surface area (Å²) in [6, 6.07) is 17.6. The molecule has 6 nitrogen and oxygen atoms in total. The minimum absolute atomic E-state index is 0.0917. The van der Waals surface area contributed by atoms with Gasteiger partial charge < -0.3 is 19.2 Å². The Balaban J connectivity index is 1.71. The minimum Gasteiger partial charge on any atom is -0.497 e. The SMILES string of the molecule is COCCNC(=O)c1c(/N=c2\cc(-c3ccccc3)oc3ccc(OC)cc23)sc2c1CCCC2. The van der Waals surface area contributed by atoms with Gasteiger partial charge in [-0.05, 0) is 49.4 Å². The lowest BCUT2D eigenvalue weighted by Gasteiger charge is -2.12. The zero-order valence-corrected chi connectivity index (χ0v) is 20.7. The molecule has 0 saturated carbocycles. The first-order valence-corrected chi connectivity index (χ1v) is 12.6. The van der Waals surface area contributed by atoms with Gasteiger partial charge in [0.2, 0.25) is 0 Å². The quantitative estimate of drug-likeness (QED) is 0.341. The number of rotatable bonds is 7. The van der Waals surface area contributed by atoms with Gasteiger partial charge in [0.15, 0.2) is 0 Å². The van der Waals surface area contributed by atoms with Crippen LogP contribution in [-0.4, -0.2) is 33.3 Å². The molecule has 0 aliphatic heterocycles. The summed E-state index contributed by atoms with van der Waals surface area (Å²) in [5.41, 5.74) is 3.50. The van der Waals surface area contributed by atoms with E-state index in [1.165, 1.54) is 4.88 Å². The van der Waals surface area contributed by atoms with Crippen LogP contribution in [0.2, 0.25) is 0 Å². The van der Waals surface area contributed by atoms with Gasteiger partial charge in [-0.15, -0.1) is 11.3 Å². The largest absolute Gasteiger partial charge is 0.497 e. The Bertz CT molecular complexity index is 1420. The van der Waals surface area contributed by atoms with Crippen molar-refractivity contribution in [2.75, 3.05) is 27.4 Å². The van der Waals surface area contributed by atoms with Crippen molar-refractivity contribution in [3.05, 3.63) is 76.0 Å². The lowest BCUT2D eigenvalue weighted by molar-refractivity contribution is 0.0937.